The third-order valence-electron chi connectivity index (χ3n) is 3.61. The summed E-state index contributed by atoms with van der Waals surface area (Å²) in [7, 11) is 0. The summed E-state index contributed by atoms with van der Waals surface area (Å²) >= 11 is 0. The topological polar surface area (TPSA) is 45.4 Å². The fraction of sp³-hybridized carbons (Fsp3) is 0.667. The Balaban J connectivity index is 1.96. The summed E-state index contributed by atoms with van der Waals surface area (Å²) in [4.78, 5) is 9.39. The van der Waals surface area contributed by atoms with Crippen molar-refractivity contribution in [2.75, 3.05) is 37.6 Å². The van der Waals surface area contributed by atoms with Crippen LogP contribution in [0.15, 0.2) is 18.3 Å². The molecule has 4 heteroatoms. The zero-order valence-electron chi connectivity index (χ0n) is 12.3. The SMILES string of the molecule is CC(C)CN1CCN(c2cc([C@H](C)N)ccn2)CC1. The van der Waals surface area contributed by atoms with E-state index < -0.39 is 0 Å². The zero-order valence-corrected chi connectivity index (χ0v) is 12.3. The molecule has 2 N–H and O–H groups in total. The van der Waals surface area contributed by atoms with Gasteiger partial charge in [0, 0.05) is 45.0 Å². The molecular weight excluding hydrogens is 236 g/mol. The highest BCUT2D eigenvalue weighted by Gasteiger charge is 2.18. The quantitative estimate of drug-likeness (QED) is 0.900. The molecule has 1 aromatic rings. The molecule has 0 unspecified atom stereocenters. The van der Waals surface area contributed by atoms with Gasteiger partial charge in [0.05, 0.1) is 0 Å². The number of hydrogen-bond acceptors (Lipinski definition) is 4. The van der Waals surface area contributed by atoms with E-state index >= 15 is 0 Å². The van der Waals surface area contributed by atoms with Crippen molar-refractivity contribution in [3.8, 4) is 0 Å². The number of nitrogens with two attached hydrogens (primary N) is 1. The van der Waals surface area contributed by atoms with Crippen molar-refractivity contribution in [1.82, 2.24) is 9.88 Å². The minimum atomic E-state index is 0.0731. The van der Waals surface area contributed by atoms with Gasteiger partial charge < -0.3 is 10.6 Å². The summed E-state index contributed by atoms with van der Waals surface area (Å²) in [5, 5.41) is 0. The van der Waals surface area contributed by atoms with Gasteiger partial charge in [0.2, 0.25) is 0 Å². The molecule has 0 aliphatic carbocycles. The molecule has 1 atom stereocenters. The lowest BCUT2D eigenvalue weighted by Crippen LogP contribution is -2.47. The van der Waals surface area contributed by atoms with E-state index in [0.717, 1.165) is 43.5 Å². The van der Waals surface area contributed by atoms with E-state index in [9.17, 15) is 0 Å². The standard InChI is InChI=1S/C15H26N4/c1-12(2)11-18-6-8-19(9-7-18)15-10-14(13(3)16)4-5-17-15/h4-5,10,12-13H,6-9,11,16H2,1-3H3/t13-/m0/s1. The first-order chi connectivity index (χ1) is 9.06. The number of nitrogens with zero attached hydrogens (tertiary/aromatic N) is 3. The maximum absolute atomic E-state index is 5.93. The van der Waals surface area contributed by atoms with E-state index in [1.54, 1.807) is 0 Å². The van der Waals surface area contributed by atoms with Crippen molar-refractivity contribution in [2.45, 2.75) is 26.8 Å². The average molecular weight is 262 g/mol. The van der Waals surface area contributed by atoms with Crippen LogP contribution in [-0.4, -0.2) is 42.6 Å². The summed E-state index contributed by atoms with van der Waals surface area (Å²) in [6.45, 7) is 12.1. The maximum atomic E-state index is 5.93. The Kier molecular flexibility index (Phi) is 4.77. The van der Waals surface area contributed by atoms with E-state index in [0.29, 0.717) is 0 Å². The van der Waals surface area contributed by atoms with Gasteiger partial charge in [0.25, 0.3) is 0 Å². The highest BCUT2D eigenvalue weighted by Crippen LogP contribution is 2.18. The lowest BCUT2D eigenvalue weighted by molar-refractivity contribution is 0.231. The molecule has 106 valence electrons. The Morgan fingerprint density at radius 2 is 1.89 bits per heavy atom. The molecule has 0 aromatic carbocycles. The van der Waals surface area contributed by atoms with Gasteiger partial charge in [0.1, 0.15) is 5.82 Å². The monoisotopic (exact) mass is 262 g/mol. The Morgan fingerprint density at radius 1 is 1.21 bits per heavy atom. The van der Waals surface area contributed by atoms with Crippen LogP contribution >= 0.6 is 0 Å². The molecule has 0 radical (unpaired) electrons. The first-order valence-corrected chi connectivity index (χ1v) is 7.25. The number of aromatic nitrogens is 1. The number of pyridine rings is 1. The molecule has 2 heterocycles. The summed E-state index contributed by atoms with van der Waals surface area (Å²) in [6, 6.07) is 4.20. The van der Waals surface area contributed by atoms with Crippen LogP contribution in [0.1, 0.15) is 32.4 Å². The predicted octanol–water partition coefficient (Wildman–Crippen LogP) is 1.88. The van der Waals surface area contributed by atoms with Crippen LogP contribution in [0.5, 0.6) is 0 Å². The minimum absolute atomic E-state index is 0.0731. The molecule has 1 aromatic heterocycles. The fourth-order valence-corrected chi connectivity index (χ4v) is 2.57. The van der Waals surface area contributed by atoms with Gasteiger partial charge in [0.15, 0.2) is 0 Å². The van der Waals surface area contributed by atoms with E-state index in [1.807, 2.05) is 19.2 Å². The van der Waals surface area contributed by atoms with Gasteiger partial charge in [-0.05, 0) is 30.5 Å². The van der Waals surface area contributed by atoms with Gasteiger partial charge >= 0.3 is 0 Å². The van der Waals surface area contributed by atoms with Crippen molar-refractivity contribution in [1.29, 1.82) is 0 Å². The molecule has 0 spiro atoms. The minimum Gasteiger partial charge on any atom is -0.354 e. The van der Waals surface area contributed by atoms with Gasteiger partial charge in [-0.25, -0.2) is 4.98 Å². The second-order valence-electron chi connectivity index (χ2n) is 5.92. The van der Waals surface area contributed by atoms with Crippen LogP contribution in [0.25, 0.3) is 0 Å². The Labute approximate surface area is 116 Å². The molecule has 1 fully saturated rings. The highest BCUT2D eigenvalue weighted by atomic mass is 15.3. The van der Waals surface area contributed by atoms with E-state index in [-0.39, 0.29) is 6.04 Å². The number of anilines is 1. The normalized spacial score (nSPS) is 18.9. The van der Waals surface area contributed by atoms with E-state index in [1.165, 1.54) is 6.54 Å². The molecule has 0 bridgehead atoms. The first-order valence-electron chi connectivity index (χ1n) is 7.25. The molecule has 1 aliphatic heterocycles. The largest absolute Gasteiger partial charge is 0.354 e. The molecule has 19 heavy (non-hydrogen) atoms. The van der Waals surface area contributed by atoms with Crippen LogP contribution in [0, 0.1) is 5.92 Å². The molecule has 0 saturated carbocycles. The van der Waals surface area contributed by atoms with E-state index in [4.69, 9.17) is 5.73 Å². The lowest BCUT2D eigenvalue weighted by atomic mass is 10.1. The second-order valence-corrected chi connectivity index (χ2v) is 5.92. The van der Waals surface area contributed by atoms with Gasteiger partial charge in [-0.2, -0.15) is 0 Å². The third kappa shape index (κ3) is 3.91. The summed E-state index contributed by atoms with van der Waals surface area (Å²) < 4.78 is 0. The van der Waals surface area contributed by atoms with Crippen molar-refractivity contribution >= 4 is 5.82 Å². The molecule has 2 rings (SSSR count). The van der Waals surface area contributed by atoms with Gasteiger partial charge in [-0.3, -0.25) is 4.90 Å². The molecule has 4 nitrogen and oxygen atoms in total. The molecule has 0 amide bonds. The highest BCUT2D eigenvalue weighted by molar-refractivity contribution is 5.42. The van der Waals surface area contributed by atoms with Crippen LogP contribution in [-0.2, 0) is 0 Å². The Morgan fingerprint density at radius 3 is 2.47 bits per heavy atom. The van der Waals surface area contributed by atoms with Crippen LogP contribution < -0.4 is 10.6 Å². The molecule has 1 saturated heterocycles. The van der Waals surface area contributed by atoms with E-state index in [2.05, 4.69) is 34.7 Å². The molecule has 1 aliphatic rings. The fourth-order valence-electron chi connectivity index (χ4n) is 2.57. The Bertz CT molecular complexity index is 395. The van der Waals surface area contributed by atoms with Crippen LogP contribution in [0.3, 0.4) is 0 Å². The molecular formula is C15H26N4. The maximum Gasteiger partial charge on any atom is 0.128 e. The first kappa shape index (κ1) is 14.3. The Hall–Kier alpha value is -1.13. The third-order valence-corrected chi connectivity index (χ3v) is 3.61. The lowest BCUT2D eigenvalue weighted by Gasteiger charge is -2.36. The van der Waals surface area contributed by atoms with Crippen molar-refractivity contribution in [2.24, 2.45) is 11.7 Å². The van der Waals surface area contributed by atoms with Crippen LogP contribution in [0.4, 0.5) is 5.82 Å². The predicted molar refractivity (Wildman–Crippen MR) is 80.3 cm³/mol. The average Bonchev–Trinajstić information content (AvgIpc) is 2.39. The number of hydrogen-bond donors (Lipinski definition) is 1. The van der Waals surface area contributed by atoms with Crippen molar-refractivity contribution < 1.29 is 0 Å². The summed E-state index contributed by atoms with van der Waals surface area (Å²) in [6.07, 6.45) is 1.87. The zero-order chi connectivity index (χ0) is 13.8. The summed E-state index contributed by atoms with van der Waals surface area (Å²) in [5.74, 6) is 1.81. The summed E-state index contributed by atoms with van der Waals surface area (Å²) in [5.41, 5.74) is 7.10. The number of rotatable bonds is 4. The number of piperazine rings is 1. The van der Waals surface area contributed by atoms with Crippen molar-refractivity contribution in [3.05, 3.63) is 23.9 Å². The van der Waals surface area contributed by atoms with Crippen LogP contribution in [0.2, 0.25) is 0 Å². The smallest absolute Gasteiger partial charge is 0.128 e. The van der Waals surface area contributed by atoms with Gasteiger partial charge in [-0.1, -0.05) is 13.8 Å². The second kappa shape index (κ2) is 6.35. The van der Waals surface area contributed by atoms with Crippen molar-refractivity contribution in [3.63, 3.8) is 0 Å². The van der Waals surface area contributed by atoms with Gasteiger partial charge in [-0.15, -0.1) is 0 Å².